The van der Waals surface area contributed by atoms with Crippen LogP contribution >= 0.6 is 0 Å². The van der Waals surface area contributed by atoms with Gasteiger partial charge in [0.2, 0.25) is 11.8 Å². The number of alkyl halides is 3. The molecule has 0 radical (unpaired) electrons. The van der Waals surface area contributed by atoms with E-state index < -0.39 is 11.7 Å². The molecule has 2 heterocycles. The van der Waals surface area contributed by atoms with Crippen LogP contribution in [0.15, 0.2) is 54.6 Å². The van der Waals surface area contributed by atoms with E-state index in [-0.39, 0.29) is 36.5 Å². The number of rotatable bonds is 4. The maximum absolute atomic E-state index is 13.2. The van der Waals surface area contributed by atoms with Crippen molar-refractivity contribution in [1.29, 1.82) is 0 Å². The van der Waals surface area contributed by atoms with Gasteiger partial charge in [0, 0.05) is 43.8 Å². The third-order valence-corrected chi connectivity index (χ3v) is 9.01. The molecular formula is C29H32F3N3O2. The number of halogens is 3. The molecule has 5 nitrogen and oxygen atoms in total. The summed E-state index contributed by atoms with van der Waals surface area (Å²) >= 11 is 0. The van der Waals surface area contributed by atoms with Gasteiger partial charge in [0.15, 0.2) is 0 Å². The summed E-state index contributed by atoms with van der Waals surface area (Å²) in [6, 6.07) is 16.2. The fraction of sp³-hybridized carbons (Fsp3) is 0.517. The van der Waals surface area contributed by atoms with Crippen LogP contribution in [0.4, 0.5) is 18.9 Å². The second-order valence-corrected chi connectivity index (χ2v) is 11.1. The quantitative estimate of drug-likeness (QED) is 0.593. The Labute approximate surface area is 215 Å². The van der Waals surface area contributed by atoms with Crippen LogP contribution in [0.1, 0.15) is 42.7 Å². The minimum Gasteiger partial charge on any atom is -0.331 e. The number of likely N-dealkylation sites (tertiary alicyclic amines) is 1. The molecule has 6 rings (SSSR count). The van der Waals surface area contributed by atoms with Crippen LogP contribution in [0.3, 0.4) is 0 Å². The fourth-order valence-corrected chi connectivity index (χ4v) is 6.92. The fourth-order valence-electron chi connectivity index (χ4n) is 6.92. The van der Waals surface area contributed by atoms with Gasteiger partial charge in [-0.3, -0.25) is 14.5 Å². The number of benzene rings is 2. The Kier molecular flexibility index (Phi) is 6.25. The van der Waals surface area contributed by atoms with Gasteiger partial charge in [-0.05, 0) is 67.2 Å². The summed E-state index contributed by atoms with van der Waals surface area (Å²) in [5.74, 6) is 1.09. The van der Waals surface area contributed by atoms with Crippen LogP contribution in [0.25, 0.3) is 0 Å². The van der Waals surface area contributed by atoms with E-state index in [0.717, 1.165) is 25.2 Å². The van der Waals surface area contributed by atoms with E-state index in [1.54, 1.807) is 4.90 Å². The molecule has 2 saturated heterocycles. The molecule has 4 fully saturated rings. The lowest BCUT2D eigenvalue weighted by atomic mass is 9.81. The molecule has 3 atom stereocenters. The number of nitrogens with zero attached hydrogens (tertiary/aromatic N) is 3. The van der Waals surface area contributed by atoms with Gasteiger partial charge >= 0.3 is 6.18 Å². The summed E-state index contributed by atoms with van der Waals surface area (Å²) < 4.78 is 39.2. The molecule has 37 heavy (non-hydrogen) atoms. The lowest BCUT2D eigenvalue weighted by molar-refractivity contribution is -0.138. The Morgan fingerprint density at radius 1 is 0.865 bits per heavy atom. The number of carbonyl (C=O) groups is 2. The van der Waals surface area contributed by atoms with E-state index in [1.807, 2.05) is 0 Å². The molecule has 0 aromatic heterocycles. The van der Waals surface area contributed by atoms with Gasteiger partial charge in [-0.1, -0.05) is 36.4 Å². The Hall–Kier alpha value is -2.87. The van der Waals surface area contributed by atoms with Crippen molar-refractivity contribution < 1.29 is 22.8 Å². The van der Waals surface area contributed by atoms with Gasteiger partial charge in [0.25, 0.3) is 0 Å². The summed E-state index contributed by atoms with van der Waals surface area (Å²) in [5, 5.41) is 0. The van der Waals surface area contributed by atoms with E-state index in [1.165, 1.54) is 48.3 Å². The summed E-state index contributed by atoms with van der Waals surface area (Å²) in [7, 11) is 0. The van der Waals surface area contributed by atoms with Crippen molar-refractivity contribution in [3.8, 4) is 0 Å². The molecule has 0 spiro atoms. The topological polar surface area (TPSA) is 43.9 Å². The number of anilines is 1. The van der Waals surface area contributed by atoms with Crippen molar-refractivity contribution in [1.82, 2.24) is 9.80 Å². The van der Waals surface area contributed by atoms with Crippen molar-refractivity contribution >= 4 is 17.5 Å². The van der Waals surface area contributed by atoms with Crippen LogP contribution in [-0.2, 0) is 15.8 Å². The predicted molar refractivity (Wildman–Crippen MR) is 134 cm³/mol. The van der Waals surface area contributed by atoms with E-state index in [2.05, 4.69) is 35.2 Å². The molecule has 2 aliphatic heterocycles. The summed E-state index contributed by atoms with van der Waals surface area (Å²) in [6.45, 7) is 2.41. The molecule has 1 unspecified atom stereocenters. The first-order valence-corrected chi connectivity index (χ1v) is 13.3. The summed E-state index contributed by atoms with van der Waals surface area (Å²) in [6.07, 6.45) is 0.352. The van der Waals surface area contributed by atoms with Crippen molar-refractivity contribution in [3.63, 3.8) is 0 Å². The number of piperazine rings is 1. The van der Waals surface area contributed by atoms with E-state index in [0.29, 0.717) is 30.3 Å². The van der Waals surface area contributed by atoms with Gasteiger partial charge < -0.3 is 9.80 Å². The van der Waals surface area contributed by atoms with E-state index in [4.69, 9.17) is 0 Å². The van der Waals surface area contributed by atoms with Crippen molar-refractivity contribution in [2.24, 2.45) is 17.8 Å². The average molecular weight is 512 g/mol. The van der Waals surface area contributed by atoms with E-state index >= 15 is 0 Å². The molecule has 4 aliphatic rings. The minimum atomic E-state index is -4.46. The van der Waals surface area contributed by atoms with Gasteiger partial charge in [0.1, 0.15) is 6.54 Å². The van der Waals surface area contributed by atoms with Crippen LogP contribution in [-0.4, -0.2) is 60.4 Å². The average Bonchev–Trinajstić information content (AvgIpc) is 3.40. The molecule has 8 heteroatoms. The van der Waals surface area contributed by atoms with Crippen molar-refractivity contribution in [2.75, 3.05) is 37.6 Å². The predicted octanol–water partition coefficient (Wildman–Crippen LogP) is 4.78. The number of piperidine rings is 1. The molecular weight excluding hydrogens is 479 g/mol. The maximum Gasteiger partial charge on any atom is 0.416 e. The van der Waals surface area contributed by atoms with E-state index in [9.17, 15) is 22.8 Å². The zero-order valence-electron chi connectivity index (χ0n) is 20.7. The number of hydrogen-bond acceptors (Lipinski definition) is 3. The molecule has 2 amide bonds. The zero-order valence-corrected chi connectivity index (χ0v) is 20.7. The highest BCUT2D eigenvalue weighted by atomic mass is 19.4. The van der Waals surface area contributed by atoms with Crippen molar-refractivity contribution in [2.45, 2.75) is 43.8 Å². The second kappa shape index (κ2) is 9.46. The Morgan fingerprint density at radius 3 is 2.22 bits per heavy atom. The van der Waals surface area contributed by atoms with Crippen LogP contribution in [0.2, 0.25) is 0 Å². The SMILES string of the molecule is O=C(C1[C@H]2CN(C3CCC(c4ccccc4)CC3)C[C@@H]12)N1CCN(c2cccc(C(F)(F)F)c2)C(=O)C1. The number of hydrogen-bond donors (Lipinski definition) is 0. The number of fused-ring (bicyclic) bond motifs is 1. The highest BCUT2D eigenvalue weighted by Gasteiger charge is 2.61. The van der Waals surface area contributed by atoms with Gasteiger partial charge in [-0.25, -0.2) is 0 Å². The normalized spacial score (nSPS) is 30.4. The Morgan fingerprint density at radius 2 is 1.57 bits per heavy atom. The minimum absolute atomic E-state index is 0.00943. The lowest BCUT2D eigenvalue weighted by Crippen LogP contribution is -2.53. The largest absolute Gasteiger partial charge is 0.416 e. The van der Waals surface area contributed by atoms with Crippen LogP contribution in [0, 0.1) is 17.8 Å². The second-order valence-electron chi connectivity index (χ2n) is 11.1. The van der Waals surface area contributed by atoms with Crippen LogP contribution < -0.4 is 4.90 Å². The Balaban J connectivity index is 0.994. The van der Waals surface area contributed by atoms with Gasteiger partial charge in [0.05, 0.1) is 5.56 Å². The molecule has 2 aromatic carbocycles. The molecule has 2 saturated carbocycles. The first-order chi connectivity index (χ1) is 17.8. The highest BCUT2D eigenvalue weighted by molar-refractivity contribution is 5.98. The summed E-state index contributed by atoms with van der Waals surface area (Å²) in [5.41, 5.74) is 0.895. The zero-order chi connectivity index (χ0) is 25.7. The highest BCUT2D eigenvalue weighted by Crippen LogP contribution is 2.54. The Bertz CT molecular complexity index is 1150. The molecule has 0 bridgehead atoms. The first kappa shape index (κ1) is 24.5. The maximum atomic E-state index is 13.2. The summed E-state index contributed by atoms with van der Waals surface area (Å²) in [4.78, 5) is 31.6. The molecule has 0 N–H and O–H groups in total. The smallest absolute Gasteiger partial charge is 0.331 e. The van der Waals surface area contributed by atoms with Crippen molar-refractivity contribution in [3.05, 3.63) is 65.7 Å². The molecule has 2 aromatic rings. The molecule has 2 aliphatic carbocycles. The van der Waals surface area contributed by atoms with Gasteiger partial charge in [-0.2, -0.15) is 13.2 Å². The number of amides is 2. The third kappa shape index (κ3) is 4.76. The van der Waals surface area contributed by atoms with Gasteiger partial charge in [-0.15, -0.1) is 0 Å². The monoisotopic (exact) mass is 511 g/mol. The third-order valence-electron chi connectivity index (χ3n) is 9.01. The number of carbonyl (C=O) groups excluding carboxylic acids is 2. The standard InChI is InChI=1S/C29H32F3N3O2/c30-29(31,32)21-7-4-8-23(15-21)35-14-13-33(18-26(35)36)28(37)27-24-16-34(17-25(24)27)22-11-9-20(10-12-22)19-5-2-1-3-6-19/h1-8,15,20,22,24-25,27H,9-14,16-18H2/t20?,22?,24-,25+,27?. The van der Waals surface area contributed by atoms with Crippen LogP contribution in [0.5, 0.6) is 0 Å². The lowest BCUT2D eigenvalue weighted by Gasteiger charge is -2.37. The first-order valence-electron chi connectivity index (χ1n) is 13.3. The molecule has 196 valence electrons.